The fourth-order valence-electron chi connectivity index (χ4n) is 3.72. The summed E-state index contributed by atoms with van der Waals surface area (Å²) >= 11 is 0. The molecule has 0 radical (unpaired) electrons. The number of hydrogen-bond donors (Lipinski definition) is 2. The monoisotopic (exact) mass is 328 g/mol. The number of rotatable bonds is 6. The van der Waals surface area contributed by atoms with Crippen LogP contribution < -0.4 is 10.1 Å². The highest BCUT2D eigenvalue weighted by Gasteiger charge is 2.45. The summed E-state index contributed by atoms with van der Waals surface area (Å²) in [6.45, 7) is 1.67. The molecule has 2 N–H and O–H groups in total. The maximum atomic E-state index is 9.02. The second-order valence-corrected chi connectivity index (χ2v) is 6.87. The molecule has 1 fully saturated rings. The fourth-order valence-corrected chi connectivity index (χ4v) is 3.72. The van der Waals surface area contributed by atoms with Gasteiger partial charge in [0, 0.05) is 24.6 Å². The van der Waals surface area contributed by atoms with Crippen LogP contribution in [0.1, 0.15) is 49.4 Å². The van der Waals surface area contributed by atoms with Crippen LogP contribution >= 0.6 is 0 Å². The van der Waals surface area contributed by atoms with Gasteiger partial charge in [-0.3, -0.25) is 4.68 Å². The third-order valence-corrected chi connectivity index (χ3v) is 5.16. The third kappa shape index (κ3) is 3.03. The molecule has 24 heavy (non-hydrogen) atoms. The van der Waals surface area contributed by atoms with Gasteiger partial charge >= 0.3 is 0 Å². The van der Waals surface area contributed by atoms with E-state index in [-0.39, 0.29) is 12.2 Å². The Bertz CT molecular complexity index is 696. The van der Waals surface area contributed by atoms with Gasteiger partial charge in [-0.1, -0.05) is 23.4 Å². The Labute approximate surface area is 141 Å². The van der Waals surface area contributed by atoms with Gasteiger partial charge in [-0.25, -0.2) is 0 Å². The van der Waals surface area contributed by atoms with E-state index in [1.54, 1.807) is 10.9 Å². The van der Waals surface area contributed by atoms with Crippen molar-refractivity contribution in [2.24, 2.45) is 0 Å². The second kappa shape index (κ2) is 6.53. The Morgan fingerprint density at radius 2 is 2.21 bits per heavy atom. The molecule has 6 nitrogen and oxygen atoms in total. The molecular weight excluding hydrogens is 304 g/mol. The highest BCUT2D eigenvalue weighted by atomic mass is 16.5. The Morgan fingerprint density at radius 3 is 2.96 bits per heavy atom. The first-order valence-corrected chi connectivity index (χ1v) is 8.79. The molecule has 4 rings (SSSR count). The molecule has 1 spiro atoms. The number of aryl methyl sites for hydroxylation is 1. The van der Waals surface area contributed by atoms with Crippen molar-refractivity contribution in [2.75, 3.05) is 6.54 Å². The second-order valence-electron chi connectivity index (χ2n) is 6.87. The molecule has 1 aromatic heterocycles. The number of nitrogens with zero attached hydrogens (tertiary/aromatic N) is 3. The van der Waals surface area contributed by atoms with Crippen molar-refractivity contribution in [2.45, 2.75) is 56.9 Å². The first-order valence-electron chi connectivity index (χ1n) is 8.79. The van der Waals surface area contributed by atoms with Crippen molar-refractivity contribution in [1.29, 1.82) is 0 Å². The van der Waals surface area contributed by atoms with Crippen LogP contribution in [-0.4, -0.2) is 32.2 Å². The van der Waals surface area contributed by atoms with E-state index >= 15 is 0 Å². The van der Waals surface area contributed by atoms with Gasteiger partial charge in [-0.15, -0.1) is 5.10 Å². The molecule has 0 amide bonds. The molecule has 1 saturated carbocycles. The topological polar surface area (TPSA) is 72.2 Å². The minimum Gasteiger partial charge on any atom is -0.487 e. The summed E-state index contributed by atoms with van der Waals surface area (Å²) in [7, 11) is 0. The number of para-hydroxylation sites is 1. The van der Waals surface area contributed by atoms with Gasteiger partial charge in [0.1, 0.15) is 17.0 Å². The number of aliphatic hydroxyl groups excluding tert-OH is 1. The van der Waals surface area contributed by atoms with Crippen LogP contribution in [0.25, 0.3) is 0 Å². The van der Waals surface area contributed by atoms with Gasteiger partial charge in [-0.05, 0) is 38.3 Å². The smallest absolute Gasteiger partial charge is 0.124 e. The van der Waals surface area contributed by atoms with E-state index in [1.165, 1.54) is 24.8 Å². The summed E-state index contributed by atoms with van der Waals surface area (Å²) in [4.78, 5) is 0. The molecule has 0 saturated heterocycles. The standard InChI is InChI=1S/C18H24N4O2/c23-13-14-12-22(21-20-14)10-4-9-19-16-11-18(7-3-8-18)24-17-6-2-1-5-15(16)17/h1-2,5-6,12,16,19,23H,3-4,7-11,13H2. The number of ether oxygens (including phenoxy) is 1. The van der Waals surface area contributed by atoms with Crippen LogP contribution in [0, 0.1) is 0 Å². The lowest BCUT2D eigenvalue weighted by molar-refractivity contribution is -0.0369. The normalized spacial score (nSPS) is 21.1. The van der Waals surface area contributed by atoms with Crippen molar-refractivity contribution in [1.82, 2.24) is 20.3 Å². The summed E-state index contributed by atoms with van der Waals surface area (Å²) in [5.41, 5.74) is 1.96. The molecule has 2 heterocycles. The Kier molecular flexibility index (Phi) is 4.24. The van der Waals surface area contributed by atoms with E-state index in [2.05, 4.69) is 39.9 Å². The molecule has 1 aliphatic carbocycles. The van der Waals surface area contributed by atoms with Crippen LogP contribution in [0.15, 0.2) is 30.5 Å². The number of aliphatic hydroxyl groups is 1. The van der Waals surface area contributed by atoms with E-state index in [1.807, 2.05) is 0 Å². The van der Waals surface area contributed by atoms with E-state index in [9.17, 15) is 0 Å². The summed E-state index contributed by atoms with van der Waals surface area (Å²) in [5.74, 6) is 1.05. The Hall–Kier alpha value is -1.92. The van der Waals surface area contributed by atoms with Crippen LogP contribution in [-0.2, 0) is 13.2 Å². The minimum absolute atomic E-state index is 0.0564. The van der Waals surface area contributed by atoms with Crippen molar-refractivity contribution >= 4 is 0 Å². The first-order chi connectivity index (χ1) is 11.8. The molecular formula is C18H24N4O2. The lowest BCUT2D eigenvalue weighted by Gasteiger charge is -2.48. The lowest BCUT2D eigenvalue weighted by atomic mass is 9.73. The zero-order valence-electron chi connectivity index (χ0n) is 13.8. The van der Waals surface area contributed by atoms with Gasteiger partial charge in [0.05, 0.1) is 12.8 Å². The average molecular weight is 328 g/mol. The van der Waals surface area contributed by atoms with Crippen molar-refractivity contribution in [3.8, 4) is 5.75 Å². The zero-order chi connectivity index (χ0) is 16.4. The lowest BCUT2D eigenvalue weighted by Crippen LogP contribution is -2.49. The maximum Gasteiger partial charge on any atom is 0.124 e. The molecule has 6 heteroatoms. The van der Waals surface area contributed by atoms with E-state index in [0.29, 0.717) is 11.7 Å². The maximum absolute atomic E-state index is 9.02. The summed E-state index contributed by atoms with van der Waals surface area (Å²) in [6, 6.07) is 8.76. The molecule has 1 atom stereocenters. The molecule has 1 aromatic carbocycles. The van der Waals surface area contributed by atoms with Crippen LogP contribution in [0.2, 0.25) is 0 Å². The predicted octanol–water partition coefficient (Wildman–Crippen LogP) is 2.20. The summed E-state index contributed by atoms with van der Waals surface area (Å²) in [5, 5.41) is 20.6. The SMILES string of the molecule is OCc1cn(CCCNC2CC3(CCC3)Oc3ccccc32)nn1. The Morgan fingerprint density at radius 1 is 1.33 bits per heavy atom. The molecule has 2 aliphatic rings. The van der Waals surface area contributed by atoms with Gasteiger partial charge in [0.15, 0.2) is 0 Å². The quantitative estimate of drug-likeness (QED) is 0.796. The molecule has 1 unspecified atom stereocenters. The van der Waals surface area contributed by atoms with E-state index in [4.69, 9.17) is 9.84 Å². The Balaban J connectivity index is 1.35. The number of nitrogens with one attached hydrogen (secondary N) is 1. The fraction of sp³-hybridized carbons (Fsp3) is 0.556. The summed E-state index contributed by atoms with van der Waals surface area (Å²) < 4.78 is 8.08. The number of fused-ring (bicyclic) bond motifs is 1. The predicted molar refractivity (Wildman–Crippen MR) is 89.6 cm³/mol. The van der Waals surface area contributed by atoms with Gasteiger partial charge in [0.2, 0.25) is 0 Å². The van der Waals surface area contributed by atoms with Crippen LogP contribution in [0.4, 0.5) is 0 Å². The van der Waals surface area contributed by atoms with Crippen molar-refractivity contribution in [3.05, 3.63) is 41.7 Å². The van der Waals surface area contributed by atoms with Crippen LogP contribution in [0.5, 0.6) is 5.75 Å². The van der Waals surface area contributed by atoms with E-state index < -0.39 is 0 Å². The zero-order valence-corrected chi connectivity index (χ0v) is 13.8. The largest absolute Gasteiger partial charge is 0.487 e. The van der Waals surface area contributed by atoms with Gasteiger partial charge < -0.3 is 15.2 Å². The summed E-state index contributed by atoms with van der Waals surface area (Å²) in [6.07, 6.45) is 7.44. The number of benzene rings is 1. The van der Waals surface area contributed by atoms with Gasteiger partial charge in [-0.2, -0.15) is 0 Å². The molecule has 2 aromatic rings. The van der Waals surface area contributed by atoms with Crippen molar-refractivity contribution < 1.29 is 9.84 Å². The highest BCUT2D eigenvalue weighted by molar-refractivity contribution is 5.39. The number of hydrogen-bond acceptors (Lipinski definition) is 5. The molecule has 128 valence electrons. The average Bonchev–Trinajstić information content (AvgIpc) is 3.05. The molecule has 1 aliphatic heterocycles. The third-order valence-electron chi connectivity index (χ3n) is 5.16. The van der Waals surface area contributed by atoms with Crippen LogP contribution in [0.3, 0.4) is 0 Å². The van der Waals surface area contributed by atoms with E-state index in [0.717, 1.165) is 31.7 Å². The molecule has 0 bridgehead atoms. The first kappa shape index (κ1) is 15.6. The van der Waals surface area contributed by atoms with Crippen molar-refractivity contribution in [3.63, 3.8) is 0 Å². The highest BCUT2D eigenvalue weighted by Crippen LogP contribution is 2.48. The van der Waals surface area contributed by atoms with Gasteiger partial charge in [0.25, 0.3) is 0 Å². The minimum atomic E-state index is -0.0564. The number of aromatic nitrogens is 3.